The molecule has 2 rings (SSSR count). The maximum absolute atomic E-state index is 12.4. The Bertz CT molecular complexity index is 777. The van der Waals surface area contributed by atoms with Gasteiger partial charge in [0.25, 0.3) is 5.56 Å². The van der Waals surface area contributed by atoms with Crippen LogP contribution < -0.4 is 11.2 Å². The summed E-state index contributed by atoms with van der Waals surface area (Å²) in [4.78, 5) is 31.8. The normalized spacial score (nSPS) is 11.5. The molecule has 22 heavy (non-hydrogen) atoms. The number of aryl methyl sites for hydroxylation is 1. The lowest BCUT2D eigenvalue weighted by atomic mass is 10.3. The topological polar surface area (TPSA) is 60.1 Å². The van der Waals surface area contributed by atoms with Gasteiger partial charge in [-0.2, -0.15) is 0 Å². The Balaban J connectivity index is 2.40. The lowest BCUT2D eigenvalue weighted by Gasteiger charge is -2.17. The number of fused-ring (bicyclic) bond motifs is 1. The second kappa shape index (κ2) is 7.11. The highest BCUT2D eigenvalue weighted by molar-refractivity contribution is 7.99. The molecule has 2 aromatic heterocycles. The summed E-state index contributed by atoms with van der Waals surface area (Å²) >= 11 is 1.64. The number of thioether (sulfide) groups is 1. The molecule has 0 aliphatic carbocycles. The van der Waals surface area contributed by atoms with Crippen LogP contribution in [0.4, 0.5) is 0 Å². The van der Waals surface area contributed by atoms with Gasteiger partial charge in [-0.1, -0.05) is 13.8 Å². The molecule has 0 aliphatic heterocycles. The Kier molecular flexibility index (Phi) is 5.42. The summed E-state index contributed by atoms with van der Waals surface area (Å²) in [6, 6.07) is 1.85. The maximum atomic E-state index is 12.4. The van der Waals surface area contributed by atoms with Gasteiger partial charge in [-0.3, -0.25) is 13.9 Å². The van der Waals surface area contributed by atoms with Crippen molar-refractivity contribution >= 4 is 22.8 Å². The Hall–Kier alpha value is -1.60. The predicted octanol–water partition coefficient (Wildman–Crippen LogP) is 1.07. The summed E-state index contributed by atoms with van der Waals surface area (Å²) in [6.45, 7) is 7.28. The zero-order valence-corrected chi connectivity index (χ0v) is 14.3. The van der Waals surface area contributed by atoms with Gasteiger partial charge >= 0.3 is 5.69 Å². The molecule has 0 aliphatic rings. The smallest absolute Gasteiger partial charge is 0.303 e. The number of hydrogen-bond donors (Lipinski definition) is 0. The number of hydrogen-bond acceptors (Lipinski definition) is 5. The van der Waals surface area contributed by atoms with Gasteiger partial charge in [0, 0.05) is 37.5 Å². The van der Waals surface area contributed by atoms with E-state index in [4.69, 9.17) is 0 Å². The van der Waals surface area contributed by atoms with E-state index in [1.54, 1.807) is 25.0 Å². The standard InChI is InChI=1S/C15H22N4O2S/c1-5-19(6-2)9-10-22-11-7-8-16-13-12(11)14(20)18(4)15(21)17(13)3/h7-8H,5-6,9-10H2,1-4H3. The Morgan fingerprint density at radius 1 is 1.18 bits per heavy atom. The quantitative estimate of drug-likeness (QED) is 0.745. The molecule has 0 N–H and O–H groups in total. The Labute approximate surface area is 133 Å². The first-order valence-electron chi connectivity index (χ1n) is 7.41. The van der Waals surface area contributed by atoms with Gasteiger partial charge in [0.15, 0.2) is 0 Å². The predicted molar refractivity (Wildman–Crippen MR) is 90.7 cm³/mol. The third-order valence-corrected chi connectivity index (χ3v) is 4.90. The van der Waals surface area contributed by atoms with Crippen molar-refractivity contribution in [1.29, 1.82) is 0 Å². The van der Waals surface area contributed by atoms with Crippen molar-refractivity contribution in [1.82, 2.24) is 19.0 Å². The van der Waals surface area contributed by atoms with E-state index in [9.17, 15) is 9.59 Å². The van der Waals surface area contributed by atoms with Crippen LogP contribution in [-0.2, 0) is 14.1 Å². The molecule has 0 bridgehead atoms. The SMILES string of the molecule is CCN(CC)CCSc1ccnc2c1c(=O)n(C)c(=O)n2C. The summed E-state index contributed by atoms with van der Waals surface area (Å²) in [5.41, 5.74) is -0.187. The number of rotatable bonds is 6. The van der Waals surface area contributed by atoms with Crippen LogP contribution in [0.25, 0.3) is 11.0 Å². The zero-order valence-electron chi connectivity index (χ0n) is 13.5. The van der Waals surface area contributed by atoms with Crippen molar-refractivity contribution in [2.75, 3.05) is 25.4 Å². The second-order valence-corrected chi connectivity index (χ2v) is 6.23. The summed E-state index contributed by atoms with van der Waals surface area (Å²) < 4.78 is 2.56. The second-order valence-electron chi connectivity index (χ2n) is 5.09. The lowest BCUT2D eigenvalue weighted by molar-refractivity contribution is 0.324. The first kappa shape index (κ1) is 16.8. The van der Waals surface area contributed by atoms with Crippen molar-refractivity contribution in [3.05, 3.63) is 33.1 Å². The van der Waals surface area contributed by atoms with E-state index in [2.05, 4.69) is 23.7 Å². The minimum Gasteiger partial charge on any atom is -0.303 e. The van der Waals surface area contributed by atoms with Crippen LogP contribution >= 0.6 is 11.8 Å². The molecule has 2 aromatic rings. The lowest BCUT2D eigenvalue weighted by Crippen LogP contribution is -2.37. The van der Waals surface area contributed by atoms with E-state index >= 15 is 0 Å². The van der Waals surface area contributed by atoms with Crippen molar-refractivity contribution in [2.45, 2.75) is 18.7 Å². The molecule has 0 saturated heterocycles. The van der Waals surface area contributed by atoms with Gasteiger partial charge in [-0.25, -0.2) is 9.78 Å². The van der Waals surface area contributed by atoms with Crippen LogP contribution in [0, 0.1) is 0 Å². The molecule has 0 saturated carbocycles. The van der Waals surface area contributed by atoms with E-state index in [-0.39, 0.29) is 11.2 Å². The molecular weight excluding hydrogens is 300 g/mol. The number of nitrogens with zero attached hydrogens (tertiary/aromatic N) is 4. The van der Waals surface area contributed by atoms with Crippen LogP contribution in [-0.4, -0.2) is 44.4 Å². The van der Waals surface area contributed by atoms with Crippen molar-refractivity contribution in [3.8, 4) is 0 Å². The van der Waals surface area contributed by atoms with Gasteiger partial charge in [0.2, 0.25) is 0 Å². The van der Waals surface area contributed by atoms with Crippen LogP contribution in [0.15, 0.2) is 26.7 Å². The molecule has 0 atom stereocenters. The highest BCUT2D eigenvalue weighted by Crippen LogP contribution is 2.23. The average Bonchev–Trinajstić information content (AvgIpc) is 2.54. The van der Waals surface area contributed by atoms with E-state index in [0.29, 0.717) is 11.0 Å². The van der Waals surface area contributed by atoms with E-state index in [1.165, 1.54) is 11.6 Å². The van der Waals surface area contributed by atoms with E-state index in [0.717, 1.165) is 34.8 Å². The van der Waals surface area contributed by atoms with Crippen molar-refractivity contribution in [2.24, 2.45) is 14.1 Å². The minimum atomic E-state index is -0.352. The molecule has 0 amide bonds. The number of pyridine rings is 1. The monoisotopic (exact) mass is 322 g/mol. The van der Waals surface area contributed by atoms with Gasteiger partial charge in [-0.15, -0.1) is 11.8 Å². The minimum absolute atomic E-state index is 0.281. The van der Waals surface area contributed by atoms with Crippen molar-refractivity contribution in [3.63, 3.8) is 0 Å². The first-order valence-corrected chi connectivity index (χ1v) is 8.39. The zero-order chi connectivity index (χ0) is 16.3. The summed E-state index contributed by atoms with van der Waals surface area (Å²) in [6.07, 6.45) is 1.65. The Morgan fingerprint density at radius 2 is 1.86 bits per heavy atom. The molecule has 120 valence electrons. The summed E-state index contributed by atoms with van der Waals surface area (Å²) in [5, 5.41) is 0.525. The van der Waals surface area contributed by atoms with Crippen LogP contribution in [0.3, 0.4) is 0 Å². The van der Waals surface area contributed by atoms with Crippen LogP contribution in [0.1, 0.15) is 13.8 Å². The molecule has 0 fully saturated rings. The summed E-state index contributed by atoms with van der Waals surface area (Å²) in [7, 11) is 3.14. The maximum Gasteiger partial charge on any atom is 0.332 e. The molecule has 0 radical (unpaired) electrons. The molecule has 7 heteroatoms. The number of aromatic nitrogens is 3. The molecule has 0 aromatic carbocycles. The fraction of sp³-hybridized carbons (Fsp3) is 0.533. The van der Waals surface area contributed by atoms with Crippen molar-refractivity contribution < 1.29 is 0 Å². The summed E-state index contributed by atoms with van der Waals surface area (Å²) in [5.74, 6) is 0.896. The van der Waals surface area contributed by atoms with Gasteiger partial charge in [-0.05, 0) is 19.2 Å². The Morgan fingerprint density at radius 3 is 2.50 bits per heavy atom. The first-order chi connectivity index (χ1) is 10.5. The molecular formula is C15H22N4O2S. The van der Waals surface area contributed by atoms with Gasteiger partial charge in [0.05, 0.1) is 5.39 Å². The third-order valence-electron chi connectivity index (χ3n) is 3.86. The van der Waals surface area contributed by atoms with E-state index in [1.807, 2.05) is 6.07 Å². The third kappa shape index (κ3) is 3.10. The van der Waals surface area contributed by atoms with Crippen LogP contribution in [0.5, 0.6) is 0 Å². The van der Waals surface area contributed by atoms with Gasteiger partial charge in [0.1, 0.15) is 5.65 Å². The fourth-order valence-corrected chi connectivity index (χ4v) is 3.45. The molecule has 0 spiro atoms. The molecule has 2 heterocycles. The van der Waals surface area contributed by atoms with Crippen LogP contribution in [0.2, 0.25) is 0 Å². The highest BCUT2D eigenvalue weighted by atomic mass is 32.2. The largest absolute Gasteiger partial charge is 0.332 e. The van der Waals surface area contributed by atoms with Gasteiger partial charge < -0.3 is 4.90 Å². The molecule has 6 nitrogen and oxygen atoms in total. The van der Waals surface area contributed by atoms with E-state index < -0.39 is 0 Å². The highest BCUT2D eigenvalue weighted by Gasteiger charge is 2.13. The molecule has 0 unspecified atom stereocenters. The average molecular weight is 322 g/mol. The fourth-order valence-electron chi connectivity index (χ4n) is 2.40.